The van der Waals surface area contributed by atoms with Crippen LogP contribution in [-0.2, 0) is 14.6 Å². The molecule has 0 radical (unpaired) electrons. The molecule has 18 heavy (non-hydrogen) atoms. The lowest BCUT2D eigenvalue weighted by molar-refractivity contribution is -0.120. The van der Waals surface area contributed by atoms with Crippen molar-refractivity contribution >= 4 is 44.0 Å². The largest absolute Gasteiger partial charge is 0.364 e. The lowest BCUT2D eigenvalue weighted by Crippen LogP contribution is -2.40. The Morgan fingerprint density at radius 2 is 2.11 bits per heavy atom. The lowest BCUT2D eigenvalue weighted by Gasteiger charge is -2.18. The highest BCUT2D eigenvalue weighted by Crippen LogP contribution is 2.16. The summed E-state index contributed by atoms with van der Waals surface area (Å²) in [6.45, 7) is 1.76. The van der Waals surface area contributed by atoms with Gasteiger partial charge in [-0.25, -0.2) is 8.42 Å². The van der Waals surface area contributed by atoms with Crippen LogP contribution < -0.4 is 5.32 Å². The molecule has 0 unspecified atom stereocenters. The summed E-state index contributed by atoms with van der Waals surface area (Å²) in [4.78, 5) is 13.6. The van der Waals surface area contributed by atoms with Crippen molar-refractivity contribution in [3.05, 3.63) is 0 Å². The SMILES string of the molecule is C[C@@H](SC(=S)N(C)C)C(=O)N[C@H]1CCS(=O)(=O)C1. The van der Waals surface area contributed by atoms with Crippen molar-refractivity contribution in [2.45, 2.75) is 24.6 Å². The van der Waals surface area contributed by atoms with E-state index in [0.717, 1.165) is 0 Å². The normalized spacial score (nSPS) is 23.4. The molecular formula is C10H18N2O3S3. The lowest BCUT2D eigenvalue weighted by atomic mass is 10.2. The summed E-state index contributed by atoms with van der Waals surface area (Å²) in [6.07, 6.45) is 0.504. The maximum absolute atomic E-state index is 11.9. The van der Waals surface area contributed by atoms with Crippen molar-refractivity contribution in [3.8, 4) is 0 Å². The molecule has 0 spiro atoms. The average molecular weight is 310 g/mol. The van der Waals surface area contributed by atoms with E-state index in [1.807, 2.05) is 14.1 Å². The van der Waals surface area contributed by atoms with Crippen LogP contribution in [0.3, 0.4) is 0 Å². The second kappa shape index (κ2) is 6.21. The fourth-order valence-electron chi connectivity index (χ4n) is 1.54. The van der Waals surface area contributed by atoms with Gasteiger partial charge in [0.15, 0.2) is 9.84 Å². The van der Waals surface area contributed by atoms with Crippen LogP contribution in [0.1, 0.15) is 13.3 Å². The standard InChI is InChI=1S/C10H18N2O3S3/c1-7(17-10(16)12(2)3)9(13)11-8-4-5-18(14,15)6-8/h7-8H,4-6H2,1-3H3,(H,11,13)/t7-,8+/m1/s1. The van der Waals surface area contributed by atoms with Crippen molar-refractivity contribution in [1.29, 1.82) is 0 Å². The minimum Gasteiger partial charge on any atom is -0.364 e. The second-order valence-corrected chi connectivity index (χ2v) is 8.73. The molecule has 104 valence electrons. The van der Waals surface area contributed by atoms with Gasteiger partial charge in [0.05, 0.1) is 16.8 Å². The summed E-state index contributed by atoms with van der Waals surface area (Å²) >= 11 is 6.40. The van der Waals surface area contributed by atoms with E-state index >= 15 is 0 Å². The zero-order valence-electron chi connectivity index (χ0n) is 10.7. The molecule has 1 aliphatic heterocycles. The topological polar surface area (TPSA) is 66.5 Å². The van der Waals surface area contributed by atoms with Crippen molar-refractivity contribution in [1.82, 2.24) is 10.2 Å². The number of sulfone groups is 1. The van der Waals surface area contributed by atoms with Crippen LogP contribution in [0.15, 0.2) is 0 Å². The molecule has 2 atom stereocenters. The number of nitrogens with one attached hydrogen (secondary N) is 1. The smallest absolute Gasteiger partial charge is 0.233 e. The number of hydrogen-bond donors (Lipinski definition) is 1. The van der Waals surface area contributed by atoms with Gasteiger partial charge in [0, 0.05) is 20.1 Å². The van der Waals surface area contributed by atoms with Crippen molar-refractivity contribution in [2.75, 3.05) is 25.6 Å². The van der Waals surface area contributed by atoms with Crippen LogP contribution in [0, 0.1) is 0 Å². The van der Waals surface area contributed by atoms with Crippen molar-refractivity contribution < 1.29 is 13.2 Å². The quantitative estimate of drug-likeness (QED) is 0.754. The van der Waals surface area contributed by atoms with Crippen LogP contribution >= 0.6 is 24.0 Å². The third kappa shape index (κ3) is 4.74. The van der Waals surface area contributed by atoms with Crippen LogP contribution in [0.2, 0.25) is 0 Å². The van der Waals surface area contributed by atoms with E-state index in [1.54, 1.807) is 11.8 Å². The highest BCUT2D eigenvalue weighted by atomic mass is 32.2. The summed E-state index contributed by atoms with van der Waals surface area (Å²) in [6, 6.07) is -0.251. The van der Waals surface area contributed by atoms with Crippen LogP contribution in [0.4, 0.5) is 0 Å². The predicted molar refractivity (Wildman–Crippen MR) is 78.5 cm³/mol. The summed E-state index contributed by atoms with van der Waals surface area (Å²) in [7, 11) is 0.687. The molecule has 1 heterocycles. The number of nitrogens with zero attached hydrogens (tertiary/aromatic N) is 1. The number of thiocarbonyl (C=S) groups is 1. The van der Waals surface area contributed by atoms with Gasteiger partial charge in [0.25, 0.3) is 0 Å². The number of amides is 1. The zero-order chi connectivity index (χ0) is 13.9. The van der Waals surface area contributed by atoms with E-state index in [1.165, 1.54) is 11.8 Å². The van der Waals surface area contributed by atoms with Crippen LogP contribution in [-0.4, -0.2) is 60.4 Å². The molecule has 1 amide bonds. The van der Waals surface area contributed by atoms with Gasteiger partial charge >= 0.3 is 0 Å². The van der Waals surface area contributed by atoms with Gasteiger partial charge in [-0.1, -0.05) is 24.0 Å². The first-order chi connectivity index (χ1) is 8.21. The third-order valence-electron chi connectivity index (χ3n) is 2.59. The van der Waals surface area contributed by atoms with E-state index in [0.29, 0.717) is 10.7 Å². The first-order valence-electron chi connectivity index (χ1n) is 5.60. The highest BCUT2D eigenvalue weighted by Gasteiger charge is 2.30. The number of carbonyl (C=O) groups excluding carboxylic acids is 1. The first kappa shape index (κ1) is 15.7. The Morgan fingerprint density at radius 1 is 1.50 bits per heavy atom. The van der Waals surface area contributed by atoms with Gasteiger partial charge in [0.2, 0.25) is 5.91 Å². The molecule has 0 aromatic heterocycles. The number of rotatable bonds is 3. The van der Waals surface area contributed by atoms with Gasteiger partial charge in [-0.3, -0.25) is 4.79 Å². The van der Waals surface area contributed by atoms with E-state index < -0.39 is 9.84 Å². The third-order valence-corrected chi connectivity index (χ3v) is 6.15. The molecule has 0 aromatic rings. The minimum absolute atomic E-state index is 0.0499. The monoisotopic (exact) mass is 310 g/mol. The van der Waals surface area contributed by atoms with E-state index in [-0.39, 0.29) is 28.7 Å². The van der Waals surface area contributed by atoms with E-state index in [9.17, 15) is 13.2 Å². The number of hydrogen-bond acceptors (Lipinski definition) is 5. The van der Waals surface area contributed by atoms with Crippen molar-refractivity contribution in [3.63, 3.8) is 0 Å². The van der Waals surface area contributed by atoms with Gasteiger partial charge in [0.1, 0.15) is 4.32 Å². The summed E-state index contributed by atoms with van der Waals surface area (Å²) < 4.78 is 23.2. The molecule has 0 bridgehead atoms. The zero-order valence-corrected chi connectivity index (χ0v) is 13.1. The Balaban J connectivity index is 2.44. The molecule has 0 aromatic carbocycles. The number of carbonyl (C=O) groups is 1. The number of thioether (sulfide) groups is 1. The summed E-state index contributed by atoms with van der Waals surface area (Å²) in [5.74, 6) is 0.0513. The Bertz CT molecular complexity index is 434. The Kier molecular flexibility index (Phi) is 5.42. The second-order valence-electron chi connectivity index (χ2n) is 4.53. The molecule has 1 rings (SSSR count). The fraction of sp³-hybridized carbons (Fsp3) is 0.800. The minimum atomic E-state index is -2.96. The molecule has 0 aliphatic carbocycles. The molecule has 8 heteroatoms. The summed E-state index contributed by atoms with van der Waals surface area (Å²) in [5, 5.41) is 2.44. The van der Waals surface area contributed by atoms with Gasteiger partial charge in [-0.05, 0) is 13.3 Å². The molecule has 1 saturated heterocycles. The molecule has 5 nitrogen and oxygen atoms in total. The Morgan fingerprint density at radius 3 is 2.56 bits per heavy atom. The molecule has 1 fully saturated rings. The Labute approximate surface area is 118 Å². The molecule has 1 aliphatic rings. The fourth-order valence-corrected chi connectivity index (χ4v) is 4.33. The van der Waals surface area contributed by atoms with E-state index in [2.05, 4.69) is 5.32 Å². The maximum atomic E-state index is 11.9. The summed E-state index contributed by atoms with van der Waals surface area (Å²) in [5.41, 5.74) is 0. The molecule has 1 N–H and O–H groups in total. The first-order valence-corrected chi connectivity index (χ1v) is 8.71. The highest BCUT2D eigenvalue weighted by molar-refractivity contribution is 8.23. The van der Waals surface area contributed by atoms with Gasteiger partial charge in [-0.2, -0.15) is 0 Å². The Hall–Kier alpha value is -0.340. The average Bonchev–Trinajstić information content (AvgIpc) is 2.57. The predicted octanol–water partition coefficient (Wildman–Crippen LogP) is 0.258. The van der Waals surface area contributed by atoms with Gasteiger partial charge < -0.3 is 10.2 Å². The molecule has 0 saturated carbocycles. The van der Waals surface area contributed by atoms with Crippen LogP contribution in [0.5, 0.6) is 0 Å². The maximum Gasteiger partial charge on any atom is 0.233 e. The van der Waals surface area contributed by atoms with E-state index in [4.69, 9.17) is 12.2 Å². The van der Waals surface area contributed by atoms with Crippen molar-refractivity contribution in [2.24, 2.45) is 0 Å². The van der Waals surface area contributed by atoms with Crippen LogP contribution in [0.25, 0.3) is 0 Å². The molecular weight excluding hydrogens is 292 g/mol. The van der Waals surface area contributed by atoms with Gasteiger partial charge in [-0.15, -0.1) is 0 Å².